The number of nitrogens with zero attached hydrogens (tertiary/aromatic N) is 3. The van der Waals surface area contributed by atoms with E-state index in [2.05, 4.69) is 39.2 Å². The van der Waals surface area contributed by atoms with Crippen molar-refractivity contribution in [2.24, 2.45) is 5.10 Å². The Morgan fingerprint density at radius 1 is 1.31 bits per heavy atom. The van der Waals surface area contributed by atoms with Crippen molar-refractivity contribution in [3.8, 4) is 17.6 Å². The second kappa shape index (κ2) is 12.4. The van der Waals surface area contributed by atoms with Crippen molar-refractivity contribution in [1.29, 1.82) is 5.26 Å². The van der Waals surface area contributed by atoms with Gasteiger partial charge in [-0.05, 0) is 53.3 Å². The molecule has 1 aliphatic heterocycles. The average Bonchev–Trinajstić information content (AvgIpc) is 2.79. The number of morpholine rings is 1. The topological polar surface area (TPSA) is 96.2 Å². The number of nitriles is 1. The lowest BCUT2D eigenvalue weighted by Gasteiger charge is -2.25. The van der Waals surface area contributed by atoms with Gasteiger partial charge in [0.15, 0.2) is 11.5 Å². The minimum atomic E-state index is -0.168. The van der Waals surface area contributed by atoms with Crippen molar-refractivity contribution in [2.45, 2.75) is 13.5 Å². The number of amides is 1. The molecule has 8 nitrogen and oxygen atoms in total. The molecule has 2 aromatic carbocycles. The minimum Gasteiger partial charge on any atom is -0.490 e. The Morgan fingerprint density at radius 3 is 2.84 bits per heavy atom. The van der Waals surface area contributed by atoms with Crippen LogP contribution in [0.2, 0.25) is 0 Å². The van der Waals surface area contributed by atoms with E-state index in [1.807, 2.05) is 42.2 Å². The summed E-state index contributed by atoms with van der Waals surface area (Å²) in [6, 6.07) is 13.2. The molecule has 0 unspecified atom stereocenters. The number of carbonyl (C=O) groups is 1. The number of hydrogen-bond donors (Lipinski definition) is 1. The first-order chi connectivity index (χ1) is 15.6. The molecule has 0 radical (unpaired) electrons. The molecular weight excluding hydrogens is 523 g/mol. The zero-order valence-corrected chi connectivity index (χ0v) is 20.0. The normalized spacial score (nSPS) is 14.2. The fourth-order valence-corrected chi connectivity index (χ4v) is 3.93. The summed E-state index contributed by atoms with van der Waals surface area (Å²) in [5, 5.41) is 13.4. The Bertz CT molecular complexity index is 1000. The highest BCUT2D eigenvalue weighted by molar-refractivity contribution is 14.1. The van der Waals surface area contributed by atoms with Crippen LogP contribution in [0.15, 0.2) is 41.5 Å². The molecule has 1 fully saturated rings. The van der Waals surface area contributed by atoms with Gasteiger partial charge in [-0.15, -0.1) is 0 Å². The van der Waals surface area contributed by atoms with E-state index in [9.17, 15) is 10.1 Å². The first-order valence-electron chi connectivity index (χ1n) is 10.3. The lowest BCUT2D eigenvalue weighted by Crippen LogP contribution is -2.42. The smallest absolute Gasteiger partial charge is 0.254 e. The van der Waals surface area contributed by atoms with Gasteiger partial charge in [-0.3, -0.25) is 9.69 Å². The zero-order valence-electron chi connectivity index (χ0n) is 17.8. The van der Waals surface area contributed by atoms with E-state index in [1.165, 1.54) is 0 Å². The second-order valence-corrected chi connectivity index (χ2v) is 8.16. The van der Waals surface area contributed by atoms with Crippen LogP contribution in [0.5, 0.6) is 11.5 Å². The SMILES string of the molecule is CCOc1cc(/C=N/NC(=O)CN2CCOCC2)cc(I)c1OCc1ccccc1C#N. The summed E-state index contributed by atoms with van der Waals surface area (Å²) in [6.45, 7) is 5.69. The maximum atomic E-state index is 12.1. The Balaban J connectivity index is 1.65. The molecule has 1 saturated heterocycles. The number of ether oxygens (including phenoxy) is 3. The molecule has 3 rings (SSSR count). The third-order valence-corrected chi connectivity index (χ3v) is 5.52. The number of carbonyl (C=O) groups excluding carboxylic acids is 1. The number of rotatable bonds is 9. The number of hydrogen-bond acceptors (Lipinski definition) is 7. The van der Waals surface area contributed by atoms with Gasteiger partial charge in [0.05, 0.1) is 47.8 Å². The first kappa shape index (κ1) is 24.0. The van der Waals surface area contributed by atoms with Crippen LogP contribution >= 0.6 is 22.6 Å². The largest absolute Gasteiger partial charge is 0.490 e. The van der Waals surface area contributed by atoms with Crippen molar-refractivity contribution in [2.75, 3.05) is 39.5 Å². The van der Waals surface area contributed by atoms with Gasteiger partial charge in [-0.2, -0.15) is 10.4 Å². The molecular formula is C23H25IN4O4. The maximum Gasteiger partial charge on any atom is 0.254 e. The Hall–Kier alpha value is -2.68. The third kappa shape index (κ3) is 6.91. The number of hydrazone groups is 1. The van der Waals surface area contributed by atoms with E-state index in [0.717, 1.165) is 27.8 Å². The quantitative estimate of drug-likeness (QED) is 0.294. The number of benzene rings is 2. The predicted octanol–water partition coefficient (Wildman–Crippen LogP) is 2.92. The first-order valence-corrected chi connectivity index (χ1v) is 11.4. The minimum absolute atomic E-state index is 0.168. The van der Waals surface area contributed by atoms with Crippen molar-refractivity contribution in [1.82, 2.24) is 10.3 Å². The molecule has 32 heavy (non-hydrogen) atoms. The van der Waals surface area contributed by atoms with Crippen LogP contribution < -0.4 is 14.9 Å². The molecule has 0 aliphatic carbocycles. The standard InChI is InChI=1S/C23H25IN4O4/c1-2-31-21-12-17(14-26-27-22(29)15-28-7-9-30-10-8-28)11-20(24)23(21)32-16-19-6-4-3-5-18(19)13-25/h3-6,11-12,14H,2,7-10,15-16H2,1H3,(H,27,29)/b26-14+. The monoisotopic (exact) mass is 548 g/mol. The van der Waals surface area contributed by atoms with Gasteiger partial charge in [0.25, 0.3) is 5.91 Å². The molecule has 168 valence electrons. The summed E-state index contributed by atoms with van der Waals surface area (Å²) in [6.07, 6.45) is 1.58. The van der Waals surface area contributed by atoms with E-state index < -0.39 is 0 Å². The fraction of sp³-hybridized carbons (Fsp3) is 0.348. The summed E-state index contributed by atoms with van der Waals surface area (Å²) in [5.41, 5.74) is 4.73. The molecule has 0 saturated carbocycles. The molecule has 1 aliphatic rings. The summed E-state index contributed by atoms with van der Waals surface area (Å²) in [7, 11) is 0. The Kier molecular flexibility index (Phi) is 9.27. The highest BCUT2D eigenvalue weighted by Crippen LogP contribution is 2.34. The summed E-state index contributed by atoms with van der Waals surface area (Å²) < 4.78 is 17.9. The molecule has 9 heteroatoms. The molecule has 1 amide bonds. The van der Waals surface area contributed by atoms with Gasteiger partial charge in [-0.1, -0.05) is 18.2 Å². The molecule has 1 heterocycles. The van der Waals surface area contributed by atoms with Crippen LogP contribution in [0.1, 0.15) is 23.6 Å². The Labute approximate surface area is 201 Å². The van der Waals surface area contributed by atoms with Crippen LogP contribution in [-0.2, 0) is 16.1 Å². The van der Waals surface area contributed by atoms with E-state index in [4.69, 9.17) is 14.2 Å². The van der Waals surface area contributed by atoms with Crippen molar-refractivity contribution >= 4 is 34.7 Å². The third-order valence-electron chi connectivity index (χ3n) is 4.72. The summed E-state index contributed by atoms with van der Waals surface area (Å²) >= 11 is 2.18. The Morgan fingerprint density at radius 2 is 2.09 bits per heavy atom. The van der Waals surface area contributed by atoms with Gasteiger partial charge in [0.1, 0.15) is 6.61 Å². The van der Waals surface area contributed by atoms with E-state index in [0.29, 0.717) is 43.4 Å². The van der Waals surface area contributed by atoms with Crippen LogP contribution in [0.25, 0.3) is 0 Å². The van der Waals surface area contributed by atoms with Gasteiger partial charge >= 0.3 is 0 Å². The number of nitrogens with one attached hydrogen (secondary N) is 1. The van der Waals surface area contributed by atoms with E-state index in [1.54, 1.807) is 12.3 Å². The second-order valence-electron chi connectivity index (χ2n) is 7.00. The predicted molar refractivity (Wildman–Crippen MR) is 129 cm³/mol. The lowest BCUT2D eigenvalue weighted by molar-refractivity contribution is -0.123. The van der Waals surface area contributed by atoms with Gasteiger partial charge in [-0.25, -0.2) is 5.43 Å². The molecule has 2 aromatic rings. The molecule has 0 atom stereocenters. The van der Waals surface area contributed by atoms with Crippen molar-refractivity contribution in [3.05, 3.63) is 56.7 Å². The molecule has 0 spiro atoms. The van der Waals surface area contributed by atoms with E-state index >= 15 is 0 Å². The zero-order chi connectivity index (χ0) is 22.8. The van der Waals surface area contributed by atoms with Crippen LogP contribution in [0.3, 0.4) is 0 Å². The highest BCUT2D eigenvalue weighted by Gasteiger charge is 2.15. The van der Waals surface area contributed by atoms with Crippen LogP contribution in [0, 0.1) is 14.9 Å². The molecule has 1 N–H and O–H groups in total. The van der Waals surface area contributed by atoms with Crippen molar-refractivity contribution in [3.63, 3.8) is 0 Å². The average molecular weight is 548 g/mol. The van der Waals surface area contributed by atoms with Gasteiger partial charge < -0.3 is 14.2 Å². The maximum absolute atomic E-state index is 12.1. The summed E-state index contributed by atoms with van der Waals surface area (Å²) in [4.78, 5) is 14.1. The van der Waals surface area contributed by atoms with E-state index in [-0.39, 0.29) is 12.5 Å². The highest BCUT2D eigenvalue weighted by atomic mass is 127. The fourth-order valence-electron chi connectivity index (χ4n) is 3.15. The van der Waals surface area contributed by atoms with Crippen molar-refractivity contribution < 1.29 is 19.0 Å². The van der Waals surface area contributed by atoms with Crippen LogP contribution in [-0.4, -0.2) is 56.5 Å². The van der Waals surface area contributed by atoms with Gasteiger partial charge in [0.2, 0.25) is 0 Å². The van der Waals surface area contributed by atoms with Gasteiger partial charge in [0, 0.05) is 18.7 Å². The lowest BCUT2D eigenvalue weighted by atomic mass is 10.1. The number of halogens is 1. The molecule has 0 bridgehead atoms. The van der Waals surface area contributed by atoms with Crippen LogP contribution in [0.4, 0.5) is 0 Å². The molecule has 0 aromatic heterocycles. The summed E-state index contributed by atoms with van der Waals surface area (Å²) in [5.74, 6) is 1.02.